The van der Waals surface area contributed by atoms with E-state index in [1.54, 1.807) is 24.1 Å². The lowest BCUT2D eigenvalue weighted by molar-refractivity contribution is -0.130. The number of rotatable bonds is 5. The van der Waals surface area contributed by atoms with Gasteiger partial charge < -0.3 is 14.7 Å². The summed E-state index contributed by atoms with van der Waals surface area (Å²) in [6.07, 6.45) is 0. The number of ether oxygens (including phenoxy) is 1. The average molecular weight is 389 g/mol. The van der Waals surface area contributed by atoms with E-state index in [4.69, 9.17) is 4.74 Å². The molecule has 1 aliphatic heterocycles. The van der Waals surface area contributed by atoms with E-state index in [-0.39, 0.29) is 11.6 Å². The topological polar surface area (TPSA) is 49.8 Å². The van der Waals surface area contributed by atoms with Crippen LogP contribution in [0.4, 0.5) is 4.39 Å². The second-order valence-corrected chi connectivity index (χ2v) is 6.86. The Morgan fingerprint density at radius 3 is 2.24 bits per heavy atom. The number of nitrogens with zero attached hydrogens (tertiary/aromatic N) is 1. The Hall–Kier alpha value is -3.60. The average Bonchev–Trinajstić information content (AvgIpc) is 3.00. The van der Waals surface area contributed by atoms with E-state index in [9.17, 15) is 14.3 Å². The molecule has 3 aromatic rings. The molecule has 0 unspecified atom stereocenters. The predicted molar refractivity (Wildman–Crippen MR) is 109 cm³/mol. The SMILES string of the molecule is COc1ccc(CN2C(=O)C(O)=C(c3ccccc3)[C@H]2c2ccc(F)cc2)cc1. The minimum Gasteiger partial charge on any atom is -0.503 e. The first kappa shape index (κ1) is 18.7. The number of hydrogen-bond donors (Lipinski definition) is 1. The summed E-state index contributed by atoms with van der Waals surface area (Å²) in [6, 6.07) is 22.2. The molecule has 29 heavy (non-hydrogen) atoms. The Morgan fingerprint density at radius 2 is 1.62 bits per heavy atom. The van der Waals surface area contributed by atoms with Crippen molar-refractivity contribution in [3.8, 4) is 5.75 Å². The van der Waals surface area contributed by atoms with Gasteiger partial charge in [-0.15, -0.1) is 0 Å². The zero-order valence-electron chi connectivity index (χ0n) is 15.9. The molecular formula is C24H20FNO3. The molecule has 5 heteroatoms. The van der Waals surface area contributed by atoms with E-state index in [1.807, 2.05) is 54.6 Å². The van der Waals surface area contributed by atoms with E-state index in [1.165, 1.54) is 12.1 Å². The predicted octanol–water partition coefficient (Wildman–Crippen LogP) is 4.89. The summed E-state index contributed by atoms with van der Waals surface area (Å²) in [4.78, 5) is 14.6. The normalized spacial score (nSPS) is 16.4. The van der Waals surface area contributed by atoms with Gasteiger partial charge in [-0.3, -0.25) is 4.79 Å². The van der Waals surface area contributed by atoms with Crippen molar-refractivity contribution in [2.45, 2.75) is 12.6 Å². The smallest absolute Gasteiger partial charge is 0.290 e. The molecule has 3 aromatic carbocycles. The first-order valence-electron chi connectivity index (χ1n) is 9.26. The van der Waals surface area contributed by atoms with E-state index in [0.29, 0.717) is 12.1 Å². The third kappa shape index (κ3) is 3.59. The second-order valence-electron chi connectivity index (χ2n) is 6.86. The molecule has 1 heterocycles. The van der Waals surface area contributed by atoms with Gasteiger partial charge in [0.2, 0.25) is 0 Å². The van der Waals surface area contributed by atoms with Crippen LogP contribution in [0, 0.1) is 5.82 Å². The van der Waals surface area contributed by atoms with Gasteiger partial charge >= 0.3 is 0 Å². The van der Waals surface area contributed by atoms with Crippen LogP contribution >= 0.6 is 0 Å². The van der Waals surface area contributed by atoms with E-state index in [2.05, 4.69) is 0 Å². The van der Waals surface area contributed by atoms with Crippen molar-refractivity contribution in [1.29, 1.82) is 0 Å². The monoisotopic (exact) mass is 389 g/mol. The Labute approximate surface area is 168 Å². The maximum absolute atomic E-state index is 13.5. The zero-order valence-corrected chi connectivity index (χ0v) is 15.9. The maximum atomic E-state index is 13.5. The summed E-state index contributed by atoms with van der Waals surface area (Å²) in [5, 5.41) is 10.7. The lowest BCUT2D eigenvalue weighted by atomic mass is 9.93. The molecule has 0 spiro atoms. The molecular weight excluding hydrogens is 369 g/mol. The standard InChI is InChI=1S/C24H20FNO3/c1-29-20-13-7-16(8-14-20)15-26-22(18-9-11-19(25)12-10-18)21(23(27)24(26)28)17-5-3-2-4-6-17/h2-14,22,27H,15H2,1H3/t22-/m1/s1. The molecule has 1 N–H and O–H groups in total. The molecule has 0 radical (unpaired) electrons. The van der Waals surface area contributed by atoms with Crippen LogP contribution in [-0.2, 0) is 11.3 Å². The van der Waals surface area contributed by atoms with Gasteiger partial charge in [0, 0.05) is 12.1 Å². The van der Waals surface area contributed by atoms with Gasteiger partial charge in [-0.25, -0.2) is 4.39 Å². The van der Waals surface area contributed by atoms with E-state index < -0.39 is 11.9 Å². The van der Waals surface area contributed by atoms with Crippen molar-refractivity contribution in [2.75, 3.05) is 7.11 Å². The maximum Gasteiger partial charge on any atom is 0.290 e. The van der Waals surface area contributed by atoms with Crippen molar-refractivity contribution in [3.63, 3.8) is 0 Å². The largest absolute Gasteiger partial charge is 0.503 e. The summed E-state index contributed by atoms with van der Waals surface area (Å²) in [6.45, 7) is 0.297. The molecule has 0 fully saturated rings. The van der Waals surface area contributed by atoms with Gasteiger partial charge in [0.05, 0.1) is 13.2 Å². The minimum atomic E-state index is -0.521. The fourth-order valence-corrected chi connectivity index (χ4v) is 3.65. The van der Waals surface area contributed by atoms with Gasteiger partial charge in [0.1, 0.15) is 11.6 Å². The number of methoxy groups -OCH3 is 1. The number of halogens is 1. The molecule has 1 atom stereocenters. The molecule has 0 aliphatic carbocycles. The molecule has 4 rings (SSSR count). The Kier molecular flexibility index (Phi) is 5.04. The second kappa shape index (κ2) is 7.80. The summed E-state index contributed by atoms with van der Waals surface area (Å²) in [5.41, 5.74) is 2.91. The number of aliphatic hydroxyl groups excluding tert-OH is 1. The highest BCUT2D eigenvalue weighted by Gasteiger charge is 2.40. The van der Waals surface area contributed by atoms with Crippen LogP contribution in [-0.4, -0.2) is 23.0 Å². The van der Waals surface area contributed by atoms with Gasteiger partial charge in [0.15, 0.2) is 5.76 Å². The quantitative estimate of drug-likeness (QED) is 0.676. The molecule has 146 valence electrons. The van der Waals surface area contributed by atoms with Crippen LogP contribution < -0.4 is 4.74 Å². The molecule has 0 saturated heterocycles. The lowest BCUT2D eigenvalue weighted by Crippen LogP contribution is -2.29. The summed E-state index contributed by atoms with van der Waals surface area (Å²) >= 11 is 0. The van der Waals surface area contributed by atoms with Gasteiger partial charge in [-0.2, -0.15) is 0 Å². The zero-order chi connectivity index (χ0) is 20.4. The fourth-order valence-electron chi connectivity index (χ4n) is 3.65. The lowest BCUT2D eigenvalue weighted by Gasteiger charge is -2.27. The molecule has 1 amide bonds. The Bertz CT molecular complexity index is 1040. The number of benzene rings is 3. The third-order valence-corrected chi connectivity index (χ3v) is 5.09. The van der Waals surface area contributed by atoms with Crippen LogP contribution in [0.15, 0.2) is 84.6 Å². The number of aliphatic hydroxyl groups is 1. The van der Waals surface area contributed by atoms with Crippen LogP contribution in [0.3, 0.4) is 0 Å². The highest BCUT2D eigenvalue weighted by molar-refractivity contribution is 6.05. The molecule has 1 aliphatic rings. The van der Waals surface area contributed by atoms with Crippen molar-refractivity contribution in [1.82, 2.24) is 4.90 Å². The highest BCUT2D eigenvalue weighted by Crippen LogP contribution is 2.43. The van der Waals surface area contributed by atoms with Crippen molar-refractivity contribution >= 4 is 11.5 Å². The molecule has 0 bridgehead atoms. The van der Waals surface area contributed by atoms with Crippen molar-refractivity contribution in [2.24, 2.45) is 0 Å². The van der Waals surface area contributed by atoms with E-state index >= 15 is 0 Å². The Balaban J connectivity index is 1.77. The van der Waals surface area contributed by atoms with Crippen molar-refractivity contribution < 1.29 is 19.0 Å². The highest BCUT2D eigenvalue weighted by atomic mass is 19.1. The van der Waals surface area contributed by atoms with Crippen molar-refractivity contribution in [3.05, 3.63) is 107 Å². The summed E-state index contributed by atoms with van der Waals surface area (Å²) < 4.78 is 18.7. The van der Waals surface area contributed by atoms with Crippen LogP contribution in [0.1, 0.15) is 22.7 Å². The summed E-state index contributed by atoms with van der Waals surface area (Å²) in [5.74, 6) is -0.357. The molecule has 0 saturated carbocycles. The van der Waals surface area contributed by atoms with E-state index in [0.717, 1.165) is 22.4 Å². The van der Waals surface area contributed by atoms with Crippen LogP contribution in [0.5, 0.6) is 5.75 Å². The molecule has 0 aromatic heterocycles. The first-order valence-corrected chi connectivity index (χ1v) is 9.26. The number of hydrogen-bond acceptors (Lipinski definition) is 3. The fraction of sp³-hybridized carbons (Fsp3) is 0.125. The van der Waals surface area contributed by atoms with Crippen LogP contribution in [0.2, 0.25) is 0 Å². The van der Waals surface area contributed by atoms with Crippen LogP contribution in [0.25, 0.3) is 5.57 Å². The number of carbonyl (C=O) groups excluding carboxylic acids is 1. The number of carbonyl (C=O) groups is 1. The van der Waals surface area contributed by atoms with Gasteiger partial charge in [-0.1, -0.05) is 54.6 Å². The summed E-state index contributed by atoms with van der Waals surface area (Å²) in [7, 11) is 1.59. The van der Waals surface area contributed by atoms with Gasteiger partial charge in [-0.05, 0) is 41.0 Å². The minimum absolute atomic E-state index is 0.279. The number of amides is 1. The third-order valence-electron chi connectivity index (χ3n) is 5.09. The Morgan fingerprint density at radius 1 is 0.966 bits per heavy atom. The van der Waals surface area contributed by atoms with Gasteiger partial charge in [0.25, 0.3) is 5.91 Å². The first-order chi connectivity index (χ1) is 14.1. The molecule has 4 nitrogen and oxygen atoms in total.